The van der Waals surface area contributed by atoms with E-state index in [-0.39, 0.29) is 6.79 Å². The van der Waals surface area contributed by atoms with Crippen molar-refractivity contribution in [2.75, 3.05) is 27.1 Å². The van der Waals surface area contributed by atoms with Gasteiger partial charge in [0.1, 0.15) is 19.0 Å². The number of hydrogen-bond acceptors (Lipinski definition) is 5. The molecule has 0 aliphatic rings. The zero-order chi connectivity index (χ0) is 16.6. The van der Waals surface area contributed by atoms with Crippen LogP contribution in [0, 0.1) is 10.8 Å². The van der Waals surface area contributed by atoms with Crippen molar-refractivity contribution < 1.29 is 24.4 Å². The molecule has 0 saturated carbocycles. The zero-order valence-corrected chi connectivity index (χ0v) is 15.2. The van der Waals surface area contributed by atoms with E-state index in [2.05, 4.69) is 33.6 Å². The van der Waals surface area contributed by atoms with Gasteiger partial charge in [0, 0.05) is 23.0 Å². The fraction of sp³-hybridized carbons (Fsp3) is 0.875. The summed E-state index contributed by atoms with van der Waals surface area (Å²) in [5, 5.41) is 19.9. The number of aliphatic hydroxyl groups excluding tert-OH is 2. The summed E-state index contributed by atoms with van der Waals surface area (Å²) in [7, 11) is 1.60. The average molecular weight is 381 g/mol. The molecule has 0 saturated heterocycles. The van der Waals surface area contributed by atoms with Gasteiger partial charge in [0.25, 0.3) is 0 Å². The Morgan fingerprint density at radius 3 is 2.45 bits per heavy atom. The van der Waals surface area contributed by atoms with Crippen LogP contribution in [-0.2, 0) is 14.2 Å². The normalized spacial score (nSPS) is 15.0. The minimum atomic E-state index is -1.14. The summed E-state index contributed by atoms with van der Waals surface area (Å²) < 4.78 is 15.7. The molecule has 22 heavy (non-hydrogen) atoms. The van der Waals surface area contributed by atoms with Crippen LogP contribution in [0.5, 0.6) is 0 Å². The largest absolute Gasteiger partial charge is 0.387 e. The van der Waals surface area contributed by atoms with E-state index >= 15 is 0 Å². The van der Waals surface area contributed by atoms with Crippen molar-refractivity contribution in [2.45, 2.75) is 63.8 Å². The Hall–Kier alpha value is -0.160. The third kappa shape index (κ3) is 11.4. The van der Waals surface area contributed by atoms with Crippen molar-refractivity contribution >= 4 is 15.9 Å². The highest BCUT2D eigenvalue weighted by atomic mass is 79.9. The van der Waals surface area contributed by atoms with Gasteiger partial charge in [0.05, 0.1) is 19.3 Å². The molecule has 0 fully saturated rings. The number of hydrogen-bond donors (Lipinski definition) is 2. The van der Waals surface area contributed by atoms with Gasteiger partial charge >= 0.3 is 0 Å². The van der Waals surface area contributed by atoms with Gasteiger partial charge in [-0.05, 0) is 11.3 Å². The predicted molar refractivity (Wildman–Crippen MR) is 89.7 cm³/mol. The van der Waals surface area contributed by atoms with Gasteiger partial charge in [0.2, 0.25) is 0 Å². The van der Waals surface area contributed by atoms with E-state index in [1.165, 1.54) is 19.3 Å². The molecule has 0 heterocycles. The van der Waals surface area contributed by atoms with Crippen LogP contribution < -0.4 is 0 Å². The lowest BCUT2D eigenvalue weighted by molar-refractivity contribution is -0.145. The minimum absolute atomic E-state index is 0.0640. The van der Waals surface area contributed by atoms with E-state index in [1.807, 2.05) is 0 Å². The minimum Gasteiger partial charge on any atom is -0.387 e. The van der Waals surface area contributed by atoms with Crippen LogP contribution in [0.25, 0.3) is 0 Å². The summed E-state index contributed by atoms with van der Waals surface area (Å²) in [6.07, 6.45) is 3.59. The number of aliphatic hydroxyl groups is 2. The van der Waals surface area contributed by atoms with Gasteiger partial charge in [-0.15, -0.1) is 0 Å². The summed E-state index contributed by atoms with van der Waals surface area (Å²) in [5.41, 5.74) is 0. The Morgan fingerprint density at radius 1 is 1.09 bits per heavy atom. The quantitative estimate of drug-likeness (QED) is 0.275. The van der Waals surface area contributed by atoms with E-state index < -0.39 is 18.3 Å². The first kappa shape index (κ1) is 21.8. The van der Waals surface area contributed by atoms with Crippen molar-refractivity contribution in [1.82, 2.24) is 0 Å². The molecule has 0 aliphatic carbocycles. The third-order valence-electron chi connectivity index (χ3n) is 3.30. The van der Waals surface area contributed by atoms with Crippen LogP contribution in [0.4, 0.5) is 0 Å². The summed E-state index contributed by atoms with van der Waals surface area (Å²) in [4.78, 5) is 2.42. The van der Waals surface area contributed by atoms with Gasteiger partial charge in [-0.1, -0.05) is 44.9 Å². The Bertz CT molecular complexity index is 289. The van der Waals surface area contributed by atoms with Gasteiger partial charge in [0.15, 0.2) is 0 Å². The number of halogens is 1. The monoisotopic (exact) mass is 380 g/mol. The highest BCUT2D eigenvalue weighted by Crippen LogP contribution is 2.15. The average Bonchev–Trinajstić information content (AvgIpc) is 2.52. The number of ether oxygens (including phenoxy) is 3. The molecule has 6 heteroatoms. The second kappa shape index (κ2) is 15.7. The van der Waals surface area contributed by atoms with Crippen molar-refractivity contribution in [3.63, 3.8) is 0 Å². The molecule has 5 nitrogen and oxygen atoms in total. The van der Waals surface area contributed by atoms with E-state index in [0.29, 0.717) is 19.6 Å². The molecule has 0 rings (SSSR count). The van der Waals surface area contributed by atoms with E-state index in [0.717, 1.165) is 12.8 Å². The summed E-state index contributed by atoms with van der Waals surface area (Å²) in [6.45, 7) is 3.15. The Morgan fingerprint density at radius 2 is 1.82 bits per heavy atom. The van der Waals surface area contributed by atoms with Crippen molar-refractivity contribution in [1.29, 1.82) is 0 Å². The Kier molecular flexibility index (Phi) is 15.6. The fourth-order valence-electron chi connectivity index (χ4n) is 1.98. The molecule has 0 aromatic rings. The summed E-state index contributed by atoms with van der Waals surface area (Å²) in [6, 6.07) is 0. The van der Waals surface area contributed by atoms with Crippen LogP contribution in [0.2, 0.25) is 0 Å². The van der Waals surface area contributed by atoms with Gasteiger partial charge < -0.3 is 24.4 Å². The molecular formula is C16H29BrO5. The zero-order valence-electron chi connectivity index (χ0n) is 13.6. The Balaban J connectivity index is 4.19. The maximum absolute atomic E-state index is 10.1. The van der Waals surface area contributed by atoms with Crippen molar-refractivity contribution in [3.05, 3.63) is 0 Å². The van der Waals surface area contributed by atoms with Crippen molar-refractivity contribution in [2.24, 2.45) is 0 Å². The third-order valence-corrected chi connectivity index (χ3v) is 3.53. The first-order chi connectivity index (χ1) is 10.7. The SMILES string of the molecule is CCCCCCC[C@@H](OCOCCOC)[C@@H](O)[C@H](O)C#CBr. The lowest BCUT2D eigenvalue weighted by atomic mass is 10.0. The second-order valence-corrected chi connectivity index (χ2v) is 5.50. The highest BCUT2D eigenvalue weighted by Gasteiger charge is 2.25. The van der Waals surface area contributed by atoms with Crippen LogP contribution in [0.15, 0.2) is 0 Å². The summed E-state index contributed by atoms with van der Waals surface area (Å²) in [5.74, 6) is 2.48. The highest BCUT2D eigenvalue weighted by molar-refractivity contribution is 9.12. The lowest BCUT2D eigenvalue weighted by Crippen LogP contribution is -2.39. The lowest BCUT2D eigenvalue weighted by Gasteiger charge is -2.24. The van der Waals surface area contributed by atoms with Crippen LogP contribution in [0.3, 0.4) is 0 Å². The van der Waals surface area contributed by atoms with Gasteiger partial charge in [-0.2, -0.15) is 0 Å². The second-order valence-electron chi connectivity index (χ2n) is 5.10. The molecule has 0 unspecified atom stereocenters. The van der Waals surface area contributed by atoms with Gasteiger partial charge in [-0.25, -0.2) is 0 Å². The molecule has 0 aromatic heterocycles. The maximum Gasteiger partial charge on any atom is 0.147 e. The molecular weight excluding hydrogens is 352 g/mol. The van der Waals surface area contributed by atoms with Crippen LogP contribution in [-0.4, -0.2) is 55.6 Å². The fourth-order valence-corrected chi connectivity index (χ4v) is 2.22. The molecule has 130 valence electrons. The molecule has 0 aromatic carbocycles. The van der Waals surface area contributed by atoms with Crippen molar-refractivity contribution in [3.8, 4) is 10.8 Å². The molecule has 0 radical (unpaired) electrons. The molecule has 2 N–H and O–H groups in total. The topological polar surface area (TPSA) is 68.2 Å². The predicted octanol–water partition coefficient (Wildman–Crippen LogP) is 2.43. The molecule has 0 aliphatic heterocycles. The molecule has 0 bridgehead atoms. The summed E-state index contributed by atoms with van der Waals surface area (Å²) >= 11 is 2.92. The maximum atomic E-state index is 10.1. The number of unbranched alkanes of at least 4 members (excludes halogenated alkanes) is 4. The molecule has 3 atom stereocenters. The first-order valence-electron chi connectivity index (χ1n) is 7.82. The van der Waals surface area contributed by atoms with E-state index in [4.69, 9.17) is 14.2 Å². The Labute approximate surface area is 142 Å². The standard InChI is InChI=1S/C16H29BrO5/c1-3-4-5-6-7-8-15(16(19)14(18)9-10-17)22-13-21-12-11-20-2/h14-16,18-19H,3-8,11-13H2,1-2H3/t14-,15-,16+/m1/s1. The van der Waals surface area contributed by atoms with Crippen LogP contribution in [0.1, 0.15) is 45.4 Å². The van der Waals surface area contributed by atoms with Gasteiger partial charge in [-0.3, -0.25) is 0 Å². The smallest absolute Gasteiger partial charge is 0.147 e. The van der Waals surface area contributed by atoms with Crippen LogP contribution >= 0.6 is 15.9 Å². The molecule has 0 amide bonds. The molecule has 0 spiro atoms. The number of methoxy groups -OCH3 is 1. The van der Waals surface area contributed by atoms with E-state index in [9.17, 15) is 10.2 Å². The first-order valence-corrected chi connectivity index (χ1v) is 8.62. The van der Waals surface area contributed by atoms with E-state index in [1.54, 1.807) is 7.11 Å². The number of rotatable bonds is 14.